The van der Waals surface area contributed by atoms with Gasteiger partial charge in [-0.15, -0.1) is 0 Å². The first-order valence-corrected chi connectivity index (χ1v) is 7.03. The van der Waals surface area contributed by atoms with Crippen molar-refractivity contribution in [3.8, 4) is 5.75 Å². The third-order valence-corrected chi connectivity index (χ3v) is 2.72. The second-order valence-electron chi connectivity index (χ2n) is 6.96. The zero-order valence-corrected chi connectivity index (χ0v) is 13.4. The molecule has 0 saturated carbocycles. The topological polar surface area (TPSA) is 35.5 Å². The van der Waals surface area contributed by atoms with Crippen LogP contribution in [-0.2, 0) is 14.9 Å². The van der Waals surface area contributed by atoms with Crippen LogP contribution < -0.4 is 4.74 Å². The number of carbonyl (C=O) groups is 1. The number of hydrogen-bond acceptors (Lipinski definition) is 3. The molecule has 3 heteroatoms. The van der Waals surface area contributed by atoms with Gasteiger partial charge in [0.15, 0.2) is 0 Å². The number of rotatable bonds is 4. The molecule has 0 bridgehead atoms. The van der Waals surface area contributed by atoms with Crippen LogP contribution in [0.25, 0.3) is 0 Å². The first kappa shape index (κ1) is 16.5. The molecule has 0 heterocycles. The molecule has 0 radical (unpaired) electrons. The van der Waals surface area contributed by atoms with Gasteiger partial charge in [0.05, 0.1) is 13.0 Å². The smallest absolute Gasteiger partial charge is 0.309 e. The molecule has 1 aromatic carbocycles. The van der Waals surface area contributed by atoms with Crippen molar-refractivity contribution in [3.05, 3.63) is 29.8 Å². The second-order valence-corrected chi connectivity index (χ2v) is 6.96. The van der Waals surface area contributed by atoms with Gasteiger partial charge >= 0.3 is 5.97 Å². The van der Waals surface area contributed by atoms with E-state index in [0.29, 0.717) is 6.61 Å². The Morgan fingerprint density at radius 3 is 2.00 bits per heavy atom. The van der Waals surface area contributed by atoms with E-state index in [9.17, 15) is 4.79 Å². The fourth-order valence-electron chi connectivity index (χ4n) is 1.70. The highest BCUT2D eigenvalue weighted by Gasteiger charge is 2.16. The maximum Gasteiger partial charge on any atom is 0.309 e. The van der Waals surface area contributed by atoms with Crippen molar-refractivity contribution in [2.45, 2.75) is 59.0 Å². The summed E-state index contributed by atoms with van der Waals surface area (Å²) in [7, 11) is 0. The molecule has 0 N–H and O–H groups in total. The monoisotopic (exact) mass is 278 g/mol. The zero-order valence-electron chi connectivity index (χ0n) is 13.4. The van der Waals surface area contributed by atoms with Gasteiger partial charge in [-0.1, -0.05) is 32.9 Å². The molecule has 0 fully saturated rings. The molecule has 112 valence electrons. The quantitative estimate of drug-likeness (QED) is 0.778. The molecule has 1 aromatic rings. The van der Waals surface area contributed by atoms with Crippen LogP contribution in [0.3, 0.4) is 0 Å². The van der Waals surface area contributed by atoms with Crippen LogP contribution in [0.4, 0.5) is 0 Å². The van der Waals surface area contributed by atoms with Crippen LogP contribution in [-0.4, -0.2) is 18.2 Å². The molecule has 3 nitrogen and oxygen atoms in total. The van der Waals surface area contributed by atoms with Crippen molar-refractivity contribution in [1.29, 1.82) is 0 Å². The Bertz CT molecular complexity index is 433. The molecule has 0 unspecified atom stereocenters. The highest BCUT2D eigenvalue weighted by atomic mass is 16.6. The van der Waals surface area contributed by atoms with Gasteiger partial charge in [-0.05, 0) is 43.9 Å². The third-order valence-electron chi connectivity index (χ3n) is 2.72. The summed E-state index contributed by atoms with van der Waals surface area (Å²) in [6.07, 6.45) is 0.262. The highest BCUT2D eigenvalue weighted by Crippen LogP contribution is 2.24. The van der Waals surface area contributed by atoms with Gasteiger partial charge in [-0.2, -0.15) is 0 Å². The van der Waals surface area contributed by atoms with Crippen molar-refractivity contribution in [3.63, 3.8) is 0 Å². The molecule has 0 aliphatic heterocycles. The Morgan fingerprint density at radius 1 is 1.00 bits per heavy atom. The van der Waals surface area contributed by atoms with E-state index < -0.39 is 5.60 Å². The van der Waals surface area contributed by atoms with Gasteiger partial charge in [0.2, 0.25) is 0 Å². The van der Waals surface area contributed by atoms with Gasteiger partial charge in [0.1, 0.15) is 11.4 Å². The van der Waals surface area contributed by atoms with Gasteiger partial charge in [0, 0.05) is 0 Å². The predicted octanol–water partition coefficient (Wildman–Crippen LogP) is 4.09. The summed E-state index contributed by atoms with van der Waals surface area (Å²) in [6, 6.07) is 8.00. The Morgan fingerprint density at radius 2 is 1.55 bits per heavy atom. The number of benzene rings is 1. The van der Waals surface area contributed by atoms with Crippen LogP contribution >= 0.6 is 0 Å². The average Bonchev–Trinajstić information content (AvgIpc) is 2.26. The van der Waals surface area contributed by atoms with Crippen LogP contribution in [0.5, 0.6) is 5.75 Å². The SMILES string of the molecule is CC(C)(C)OC(=O)CCOc1ccc(C(C)(C)C)cc1. The molecular weight excluding hydrogens is 252 g/mol. The minimum atomic E-state index is -0.439. The van der Waals surface area contributed by atoms with Crippen molar-refractivity contribution in [2.24, 2.45) is 0 Å². The first-order chi connectivity index (χ1) is 9.08. The minimum Gasteiger partial charge on any atom is -0.493 e. The molecule has 20 heavy (non-hydrogen) atoms. The summed E-state index contributed by atoms with van der Waals surface area (Å²) in [5.41, 5.74) is 0.956. The lowest BCUT2D eigenvalue weighted by Gasteiger charge is -2.20. The number of carbonyl (C=O) groups excluding carboxylic acids is 1. The molecule has 0 aliphatic rings. The lowest BCUT2D eigenvalue weighted by molar-refractivity contribution is -0.155. The van der Waals surface area contributed by atoms with Gasteiger partial charge < -0.3 is 9.47 Å². The van der Waals surface area contributed by atoms with E-state index in [0.717, 1.165) is 5.75 Å². The summed E-state index contributed by atoms with van der Waals surface area (Å²) >= 11 is 0. The fourth-order valence-corrected chi connectivity index (χ4v) is 1.70. The van der Waals surface area contributed by atoms with E-state index in [1.807, 2.05) is 32.9 Å². The Hall–Kier alpha value is -1.51. The van der Waals surface area contributed by atoms with Gasteiger partial charge in [0.25, 0.3) is 0 Å². The Labute approximate surface area is 122 Å². The zero-order chi connectivity index (χ0) is 15.4. The summed E-state index contributed by atoms with van der Waals surface area (Å²) in [6.45, 7) is 12.4. The van der Waals surface area contributed by atoms with E-state index >= 15 is 0 Å². The molecule has 1 rings (SSSR count). The minimum absolute atomic E-state index is 0.134. The second kappa shape index (κ2) is 6.29. The van der Waals surface area contributed by atoms with E-state index in [1.165, 1.54) is 5.56 Å². The summed E-state index contributed by atoms with van der Waals surface area (Å²) < 4.78 is 10.8. The lowest BCUT2D eigenvalue weighted by atomic mass is 9.87. The van der Waals surface area contributed by atoms with Crippen molar-refractivity contribution >= 4 is 5.97 Å². The summed E-state index contributed by atoms with van der Waals surface area (Å²) in [4.78, 5) is 11.5. The molecule has 0 atom stereocenters. The Balaban J connectivity index is 2.42. The maximum absolute atomic E-state index is 11.5. The van der Waals surface area contributed by atoms with E-state index in [4.69, 9.17) is 9.47 Å². The predicted molar refractivity (Wildman–Crippen MR) is 81.1 cm³/mol. The molecular formula is C17H26O3. The van der Waals surface area contributed by atoms with E-state index in [2.05, 4.69) is 32.9 Å². The third kappa shape index (κ3) is 6.09. The molecule has 0 amide bonds. The highest BCUT2D eigenvalue weighted by molar-refractivity contribution is 5.69. The Kier molecular flexibility index (Phi) is 5.21. The van der Waals surface area contributed by atoms with Crippen molar-refractivity contribution in [1.82, 2.24) is 0 Å². The van der Waals surface area contributed by atoms with Crippen molar-refractivity contribution in [2.75, 3.05) is 6.61 Å². The standard InChI is InChI=1S/C17H26O3/c1-16(2,3)13-7-9-14(10-8-13)19-12-11-15(18)20-17(4,5)6/h7-10H,11-12H2,1-6H3. The molecule has 0 aromatic heterocycles. The maximum atomic E-state index is 11.5. The van der Waals surface area contributed by atoms with Gasteiger partial charge in [-0.3, -0.25) is 4.79 Å². The van der Waals surface area contributed by atoms with Crippen molar-refractivity contribution < 1.29 is 14.3 Å². The lowest BCUT2D eigenvalue weighted by Crippen LogP contribution is -2.24. The number of hydrogen-bond donors (Lipinski definition) is 0. The first-order valence-electron chi connectivity index (χ1n) is 7.03. The van der Waals surface area contributed by atoms with E-state index in [1.54, 1.807) is 0 Å². The number of esters is 1. The molecule has 0 spiro atoms. The van der Waals surface area contributed by atoms with Gasteiger partial charge in [-0.25, -0.2) is 0 Å². The largest absolute Gasteiger partial charge is 0.493 e. The van der Waals surface area contributed by atoms with Crippen LogP contribution in [0.15, 0.2) is 24.3 Å². The van der Waals surface area contributed by atoms with E-state index in [-0.39, 0.29) is 17.8 Å². The van der Waals surface area contributed by atoms with Crippen LogP contribution in [0.2, 0.25) is 0 Å². The fraction of sp³-hybridized carbons (Fsp3) is 0.588. The normalized spacial score (nSPS) is 12.1. The van der Waals surface area contributed by atoms with Crippen LogP contribution in [0.1, 0.15) is 53.5 Å². The number of ether oxygens (including phenoxy) is 2. The summed E-state index contributed by atoms with van der Waals surface area (Å²) in [5.74, 6) is 0.547. The molecule has 0 aliphatic carbocycles. The molecule has 0 saturated heterocycles. The average molecular weight is 278 g/mol. The van der Waals surface area contributed by atoms with Crippen LogP contribution in [0, 0.1) is 0 Å². The summed E-state index contributed by atoms with van der Waals surface area (Å²) in [5, 5.41) is 0.